The molecule has 1 fully saturated rings. The van der Waals surface area contributed by atoms with E-state index in [1.54, 1.807) is 0 Å². The third-order valence-electron chi connectivity index (χ3n) is 3.68. The summed E-state index contributed by atoms with van der Waals surface area (Å²) in [5, 5.41) is 8.98. The Labute approximate surface area is 121 Å². The summed E-state index contributed by atoms with van der Waals surface area (Å²) in [5.41, 5.74) is 6.48. The molecule has 0 saturated heterocycles. The second-order valence-electron chi connectivity index (χ2n) is 5.08. The monoisotopic (exact) mass is 304 g/mol. The van der Waals surface area contributed by atoms with Gasteiger partial charge in [0.1, 0.15) is 0 Å². The summed E-state index contributed by atoms with van der Waals surface area (Å²) in [6.45, 7) is -2.54. The van der Waals surface area contributed by atoms with Crippen LogP contribution < -0.4 is 15.4 Å². The largest absolute Gasteiger partial charge is 0.432 e. The van der Waals surface area contributed by atoms with Gasteiger partial charge in [-0.1, -0.05) is 0 Å². The SMILES string of the molecule is Nc1cc(F)c(OC(F)F)cc1N(CCCO)C1CCC1. The number of alkyl halides is 2. The van der Waals surface area contributed by atoms with Crippen molar-refractivity contribution in [2.45, 2.75) is 38.3 Å². The average Bonchev–Trinajstić information content (AvgIpc) is 2.35. The van der Waals surface area contributed by atoms with Gasteiger partial charge < -0.3 is 20.5 Å². The van der Waals surface area contributed by atoms with Gasteiger partial charge in [-0.05, 0) is 25.7 Å². The van der Waals surface area contributed by atoms with Crippen LogP contribution in [0.15, 0.2) is 12.1 Å². The van der Waals surface area contributed by atoms with Crippen molar-refractivity contribution in [1.82, 2.24) is 0 Å². The first-order valence-electron chi connectivity index (χ1n) is 6.94. The number of hydrogen-bond donors (Lipinski definition) is 2. The second-order valence-corrected chi connectivity index (χ2v) is 5.08. The minimum absolute atomic E-state index is 0.0186. The van der Waals surface area contributed by atoms with Crippen LogP contribution in [0.25, 0.3) is 0 Å². The Morgan fingerprint density at radius 3 is 2.62 bits per heavy atom. The fraction of sp³-hybridized carbons (Fsp3) is 0.571. The molecule has 3 N–H and O–H groups in total. The van der Waals surface area contributed by atoms with Gasteiger partial charge in [0, 0.05) is 31.3 Å². The highest BCUT2D eigenvalue weighted by molar-refractivity contribution is 5.70. The molecule has 0 unspecified atom stereocenters. The molecule has 1 aliphatic carbocycles. The number of nitrogens with zero attached hydrogens (tertiary/aromatic N) is 1. The maximum atomic E-state index is 13.6. The smallest absolute Gasteiger partial charge is 0.387 e. The number of aliphatic hydroxyl groups excluding tert-OH is 1. The number of benzene rings is 1. The number of halogens is 3. The third-order valence-corrected chi connectivity index (χ3v) is 3.68. The fourth-order valence-corrected chi connectivity index (χ4v) is 2.43. The Balaban J connectivity index is 2.29. The van der Waals surface area contributed by atoms with Crippen LogP contribution >= 0.6 is 0 Å². The van der Waals surface area contributed by atoms with Crippen molar-refractivity contribution in [3.05, 3.63) is 17.9 Å². The molecule has 118 valence electrons. The van der Waals surface area contributed by atoms with Gasteiger partial charge in [0.05, 0.1) is 11.4 Å². The second kappa shape index (κ2) is 6.89. The lowest BCUT2D eigenvalue weighted by Crippen LogP contribution is -2.41. The average molecular weight is 304 g/mol. The van der Waals surface area contributed by atoms with Crippen LogP contribution in [0.1, 0.15) is 25.7 Å². The number of aliphatic hydroxyl groups is 1. The summed E-state index contributed by atoms with van der Waals surface area (Å²) >= 11 is 0. The maximum Gasteiger partial charge on any atom is 0.387 e. The summed E-state index contributed by atoms with van der Waals surface area (Å²) in [7, 11) is 0. The minimum atomic E-state index is -3.09. The molecule has 0 amide bonds. The summed E-state index contributed by atoms with van der Waals surface area (Å²) < 4.78 is 42.4. The molecule has 7 heteroatoms. The molecular formula is C14H19F3N2O2. The molecule has 0 spiro atoms. The van der Waals surface area contributed by atoms with Gasteiger partial charge in [0.25, 0.3) is 0 Å². The third kappa shape index (κ3) is 3.72. The lowest BCUT2D eigenvalue weighted by molar-refractivity contribution is -0.0521. The number of anilines is 2. The molecule has 0 atom stereocenters. The highest BCUT2D eigenvalue weighted by Gasteiger charge is 2.27. The Kier molecular flexibility index (Phi) is 5.17. The van der Waals surface area contributed by atoms with E-state index < -0.39 is 18.2 Å². The molecule has 4 nitrogen and oxygen atoms in total. The number of rotatable bonds is 7. The van der Waals surface area contributed by atoms with Crippen molar-refractivity contribution in [3.63, 3.8) is 0 Å². The van der Waals surface area contributed by atoms with Crippen LogP contribution in [0.3, 0.4) is 0 Å². The zero-order chi connectivity index (χ0) is 15.4. The first-order valence-corrected chi connectivity index (χ1v) is 6.94. The zero-order valence-electron chi connectivity index (χ0n) is 11.6. The fourth-order valence-electron chi connectivity index (χ4n) is 2.43. The lowest BCUT2D eigenvalue weighted by Gasteiger charge is -2.40. The molecule has 1 aromatic carbocycles. The van der Waals surface area contributed by atoms with E-state index >= 15 is 0 Å². The van der Waals surface area contributed by atoms with Crippen LogP contribution in [-0.4, -0.2) is 30.9 Å². The summed E-state index contributed by atoms with van der Waals surface area (Å²) in [5.74, 6) is -1.42. The van der Waals surface area contributed by atoms with Gasteiger partial charge in [-0.3, -0.25) is 0 Å². The van der Waals surface area contributed by atoms with Crippen LogP contribution in [0.5, 0.6) is 5.75 Å². The van der Waals surface area contributed by atoms with Gasteiger partial charge in [-0.2, -0.15) is 8.78 Å². The van der Waals surface area contributed by atoms with E-state index in [2.05, 4.69) is 4.74 Å². The van der Waals surface area contributed by atoms with Crippen molar-refractivity contribution in [1.29, 1.82) is 0 Å². The van der Waals surface area contributed by atoms with Crippen LogP contribution in [-0.2, 0) is 0 Å². The molecule has 0 aromatic heterocycles. The van der Waals surface area contributed by atoms with E-state index in [1.807, 2.05) is 4.90 Å². The highest BCUT2D eigenvalue weighted by Crippen LogP contribution is 2.37. The van der Waals surface area contributed by atoms with Crippen molar-refractivity contribution >= 4 is 11.4 Å². The summed E-state index contributed by atoms with van der Waals surface area (Å²) in [6.07, 6.45) is 3.54. The van der Waals surface area contributed by atoms with Crippen LogP contribution in [0.2, 0.25) is 0 Å². The first kappa shape index (κ1) is 15.8. The molecule has 1 aliphatic rings. The molecule has 2 rings (SSSR count). The molecule has 1 aromatic rings. The van der Waals surface area contributed by atoms with Crippen LogP contribution in [0, 0.1) is 5.82 Å². The van der Waals surface area contributed by atoms with Gasteiger partial charge in [0.2, 0.25) is 0 Å². The normalized spacial score (nSPS) is 15.1. The molecule has 0 heterocycles. The van der Waals surface area contributed by atoms with Crippen LogP contribution in [0.4, 0.5) is 24.5 Å². The van der Waals surface area contributed by atoms with Crippen molar-refractivity contribution in [3.8, 4) is 5.75 Å². The molecule has 0 bridgehead atoms. The summed E-state index contributed by atoms with van der Waals surface area (Å²) in [4.78, 5) is 1.94. The Hall–Kier alpha value is -1.63. The van der Waals surface area contributed by atoms with Crippen molar-refractivity contribution < 1.29 is 23.0 Å². The number of nitrogens with two attached hydrogens (primary N) is 1. The van der Waals surface area contributed by atoms with E-state index in [-0.39, 0.29) is 18.3 Å². The lowest BCUT2D eigenvalue weighted by atomic mass is 9.90. The highest BCUT2D eigenvalue weighted by atomic mass is 19.3. The Morgan fingerprint density at radius 1 is 1.38 bits per heavy atom. The number of nitrogen functional groups attached to an aromatic ring is 1. The topological polar surface area (TPSA) is 58.7 Å². The Morgan fingerprint density at radius 2 is 2.10 bits per heavy atom. The maximum absolute atomic E-state index is 13.6. The number of ether oxygens (including phenoxy) is 1. The van der Waals surface area contributed by atoms with E-state index in [4.69, 9.17) is 10.8 Å². The summed E-state index contributed by atoms with van der Waals surface area (Å²) in [6, 6.07) is 2.45. The molecule has 0 radical (unpaired) electrons. The van der Waals surface area contributed by atoms with Gasteiger partial charge in [0.15, 0.2) is 11.6 Å². The van der Waals surface area contributed by atoms with E-state index in [0.29, 0.717) is 18.7 Å². The van der Waals surface area contributed by atoms with E-state index in [1.165, 1.54) is 6.07 Å². The molecule has 0 aliphatic heterocycles. The zero-order valence-corrected chi connectivity index (χ0v) is 11.6. The van der Waals surface area contributed by atoms with Crippen molar-refractivity contribution in [2.75, 3.05) is 23.8 Å². The van der Waals surface area contributed by atoms with Crippen molar-refractivity contribution in [2.24, 2.45) is 0 Å². The minimum Gasteiger partial charge on any atom is -0.432 e. The van der Waals surface area contributed by atoms with E-state index in [9.17, 15) is 13.2 Å². The number of hydrogen-bond acceptors (Lipinski definition) is 4. The quantitative estimate of drug-likeness (QED) is 0.761. The predicted octanol–water partition coefficient (Wildman–Crippen LogP) is 2.75. The standard InChI is InChI=1S/C14H19F3N2O2/c15-10-7-11(18)12(8-13(10)21-14(16)17)19(5-2-6-20)9-3-1-4-9/h7-9,14,20H,1-6,18H2. The molecule has 1 saturated carbocycles. The van der Waals surface area contributed by atoms with Gasteiger partial charge in [-0.25, -0.2) is 4.39 Å². The van der Waals surface area contributed by atoms with Gasteiger partial charge >= 0.3 is 6.61 Å². The van der Waals surface area contributed by atoms with E-state index in [0.717, 1.165) is 25.3 Å². The molecular weight excluding hydrogens is 285 g/mol. The Bertz CT molecular complexity index is 482. The first-order chi connectivity index (χ1) is 10.0. The van der Waals surface area contributed by atoms with Gasteiger partial charge in [-0.15, -0.1) is 0 Å². The molecule has 21 heavy (non-hydrogen) atoms. The predicted molar refractivity (Wildman–Crippen MR) is 74.1 cm³/mol.